The number of aryl methyl sites for hydroxylation is 3. The van der Waals surface area contributed by atoms with Crippen molar-refractivity contribution in [3.05, 3.63) is 70.0 Å². The molecule has 0 radical (unpaired) electrons. The fourth-order valence-corrected chi connectivity index (χ4v) is 2.73. The van der Waals surface area contributed by atoms with E-state index >= 15 is 0 Å². The van der Waals surface area contributed by atoms with Crippen molar-refractivity contribution in [1.29, 1.82) is 0 Å². The molecule has 0 unspecified atom stereocenters. The van der Waals surface area contributed by atoms with Gasteiger partial charge in [-0.2, -0.15) is 9.36 Å². The molecule has 0 bridgehead atoms. The highest BCUT2D eigenvalue weighted by Gasteiger charge is 2.14. The molecular formula is C18H18N8O2. The van der Waals surface area contributed by atoms with Gasteiger partial charge in [0.25, 0.3) is 5.95 Å². The fourth-order valence-electron chi connectivity index (χ4n) is 2.73. The molecule has 3 heterocycles. The molecule has 28 heavy (non-hydrogen) atoms. The first-order valence-corrected chi connectivity index (χ1v) is 8.59. The van der Waals surface area contributed by atoms with E-state index in [0.717, 1.165) is 16.8 Å². The predicted molar refractivity (Wildman–Crippen MR) is 99.6 cm³/mol. The van der Waals surface area contributed by atoms with E-state index in [9.17, 15) is 4.79 Å². The molecule has 0 saturated carbocycles. The van der Waals surface area contributed by atoms with E-state index in [1.807, 2.05) is 32.0 Å². The molecule has 10 nitrogen and oxygen atoms in total. The monoisotopic (exact) mass is 378 g/mol. The molecule has 4 aromatic rings. The van der Waals surface area contributed by atoms with E-state index in [4.69, 9.17) is 4.74 Å². The Bertz CT molecular complexity index is 1190. The van der Waals surface area contributed by atoms with Gasteiger partial charge in [-0.15, -0.1) is 5.10 Å². The number of rotatable bonds is 5. The van der Waals surface area contributed by atoms with Gasteiger partial charge in [-0.1, -0.05) is 12.1 Å². The Morgan fingerprint density at radius 2 is 1.96 bits per heavy atom. The van der Waals surface area contributed by atoms with Gasteiger partial charge in [0.2, 0.25) is 5.88 Å². The van der Waals surface area contributed by atoms with E-state index in [1.165, 1.54) is 9.36 Å². The smallest absolute Gasteiger partial charge is 0.368 e. The average Bonchev–Trinajstić information content (AvgIpc) is 3.28. The Morgan fingerprint density at radius 3 is 2.71 bits per heavy atom. The maximum Gasteiger partial charge on any atom is 0.368 e. The molecule has 1 aromatic carbocycles. The van der Waals surface area contributed by atoms with Gasteiger partial charge in [0, 0.05) is 36.8 Å². The normalized spacial score (nSPS) is 11.0. The van der Waals surface area contributed by atoms with Gasteiger partial charge in [0.15, 0.2) is 0 Å². The van der Waals surface area contributed by atoms with Crippen LogP contribution in [0.2, 0.25) is 0 Å². The van der Waals surface area contributed by atoms with Gasteiger partial charge < -0.3 is 4.74 Å². The van der Waals surface area contributed by atoms with Gasteiger partial charge >= 0.3 is 5.69 Å². The fraction of sp³-hybridized carbons (Fsp3) is 0.222. The van der Waals surface area contributed by atoms with Crippen LogP contribution in [-0.4, -0.2) is 39.5 Å². The number of tetrazole rings is 1. The van der Waals surface area contributed by atoms with Crippen LogP contribution >= 0.6 is 0 Å². The van der Waals surface area contributed by atoms with Crippen LogP contribution in [0.15, 0.2) is 47.5 Å². The third-order valence-electron chi connectivity index (χ3n) is 4.25. The van der Waals surface area contributed by atoms with Crippen LogP contribution in [0.25, 0.3) is 11.6 Å². The topological polar surface area (TPSA) is 106 Å². The van der Waals surface area contributed by atoms with Crippen LogP contribution in [0, 0.1) is 13.8 Å². The quantitative estimate of drug-likeness (QED) is 0.513. The Morgan fingerprint density at radius 1 is 1.11 bits per heavy atom. The van der Waals surface area contributed by atoms with Gasteiger partial charge in [0.05, 0.1) is 5.69 Å². The van der Waals surface area contributed by atoms with E-state index in [2.05, 4.69) is 25.5 Å². The number of nitrogens with zero attached hydrogens (tertiary/aromatic N) is 8. The Labute approximate surface area is 160 Å². The van der Waals surface area contributed by atoms with Gasteiger partial charge in [-0.25, -0.2) is 19.4 Å². The number of ether oxygens (including phenoxy) is 1. The van der Waals surface area contributed by atoms with Crippen LogP contribution in [-0.2, 0) is 13.7 Å². The summed E-state index contributed by atoms with van der Waals surface area (Å²) in [4.78, 5) is 20.8. The molecule has 0 aliphatic carbocycles. The lowest BCUT2D eigenvalue weighted by Gasteiger charge is -2.11. The molecule has 0 N–H and O–H groups in total. The summed E-state index contributed by atoms with van der Waals surface area (Å²) in [5.41, 5.74) is 2.94. The second-order valence-corrected chi connectivity index (χ2v) is 6.25. The van der Waals surface area contributed by atoms with Crippen molar-refractivity contribution in [2.45, 2.75) is 20.5 Å². The summed E-state index contributed by atoms with van der Waals surface area (Å²) in [6.07, 6.45) is 3.41. The molecule has 0 aliphatic heterocycles. The minimum Gasteiger partial charge on any atom is -0.472 e. The largest absolute Gasteiger partial charge is 0.472 e. The lowest BCUT2D eigenvalue weighted by molar-refractivity contribution is 0.290. The minimum atomic E-state index is -0.326. The van der Waals surface area contributed by atoms with Crippen LogP contribution in [0.1, 0.15) is 16.8 Å². The maximum absolute atomic E-state index is 12.2. The van der Waals surface area contributed by atoms with Gasteiger partial charge in [0.1, 0.15) is 6.61 Å². The Hall–Kier alpha value is -3.82. The second kappa shape index (κ2) is 7.06. The first-order chi connectivity index (χ1) is 13.5. The molecular weight excluding hydrogens is 360 g/mol. The molecule has 0 aliphatic rings. The van der Waals surface area contributed by atoms with E-state index in [0.29, 0.717) is 17.5 Å². The van der Waals surface area contributed by atoms with Crippen molar-refractivity contribution in [3.63, 3.8) is 0 Å². The molecule has 0 spiro atoms. The molecule has 0 atom stereocenters. The lowest BCUT2D eigenvalue weighted by atomic mass is 10.1. The second-order valence-electron chi connectivity index (χ2n) is 6.25. The van der Waals surface area contributed by atoms with Crippen molar-refractivity contribution < 1.29 is 4.74 Å². The summed E-state index contributed by atoms with van der Waals surface area (Å²) in [5, 5.41) is 12.1. The Kier molecular flexibility index (Phi) is 4.44. The summed E-state index contributed by atoms with van der Waals surface area (Å²) in [5.74, 6) is 0.892. The molecule has 142 valence electrons. The van der Waals surface area contributed by atoms with E-state index in [1.54, 1.807) is 36.3 Å². The van der Waals surface area contributed by atoms with Crippen molar-refractivity contribution >= 4 is 0 Å². The lowest BCUT2D eigenvalue weighted by Crippen LogP contribution is -2.23. The van der Waals surface area contributed by atoms with Crippen molar-refractivity contribution in [2.75, 3.05) is 0 Å². The van der Waals surface area contributed by atoms with Crippen LogP contribution in [0.5, 0.6) is 5.88 Å². The third-order valence-corrected chi connectivity index (χ3v) is 4.25. The molecule has 3 aromatic heterocycles. The molecule has 0 saturated heterocycles. The predicted octanol–water partition coefficient (Wildman–Crippen LogP) is 1.14. The molecule has 4 rings (SSSR count). The van der Waals surface area contributed by atoms with Crippen LogP contribution < -0.4 is 10.4 Å². The zero-order chi connectivity index (χ0) is 19.7. The maximum atomic E-state index is 12.2. The van der Waals surface area contributed by atoms with Gasteiger partial charge in [-0.05, 0) is 42.0 Å². The Balaban J connectivity index is 1.60. The third kappa shape index (κ3) is 3.27. The standard InChI is InChI=1S/C18H18N8O2/c1-12-5-4-6-15(26-18(27)24(3)22-23-26)14(12)11-28-16-8-10-25(21-16)17-19-9-7-13(2)20-17/h4-10H,11H2,1-3H3. The first-order valence-electron chi connectivity index (χ1n) is 8.59. The summed E-state index contributed by atoms with van der Waals surface area (Å²) >= 11 is 0. The zero-order valence-electron chi connectivity index (χ0n) is 15.6. The molecule has 0 amide bonds. The molecule has 0 fully saturated rings. The number of hydrogen-bond acceptors (Lipinski definition) is 7. The zero-order valence-corrected chi connectivity index (χ0v) is 15.6. The molecule has 10 heteroatoms. The van der Waals surface area contributed by atoms with E-state index in [-0.39, 0.29) is 12.3 Å². The van der Waals surface area contributed by atoms with Crippen LogP contribution in [0.3, 0.4) is 0 Å². The summed E-state index contributed by atoms with van der Waals surface area (Å²) in [6.45, 7) is 4.06. The van der Waals surface area contributed by atoms with Gasteiger partial charge in [-0.3, -0.25) is 0 Å². The summed E-state index contributed by atoms with van der Waals surface area (Å²) in [7, 11) is 1.55. The van der Waals surface area contributed by atoms with E-state index < -0.39 is 0 Å². The highest BCUT2D eigenvalue weighted by Crippen LogP contribution is 2.19. The van der Waals surface area contributed by atoms with Crippen molar-refractivity contribution in [1.82, 2.24) is 39.5 Å². The van der Waals surface area contributed by atoms with Crippen molar-refractivity contribution in [2.24, 2.45) is 7.05 Å². The minimum absolute atomic E-state index is 0.219. The highest BCUT2D eigenvalue weighted by molar-refractivity contribution is 5.44. The van der Waals surface area contributed by atoms with Crippen molar-refractivity contribution in [3.8, 4) is 17.5 Å². The van der Waals surface area contributed by atoms with Crippen LogP contribution in [0.4, 0.5) is 0 Å². The highest BCUT2D eigenvalue weighted by atomic mass is 16.5. The average molecular weight is 378 g/mol. The SMILES string of the molecule is Cc1ccnc(-n2ccc(OCc3c(C)cccc3-n3nnn(C)c3=O)n2)n1. The number of hydrogen-bond donors (Lipinski definition) is 0. The summed E-state index contributed by atoms with van der Waals surface area (Å²) < 4.78 is 9.84. The summed E-state index contributed by atoms with van der Waals surface area (Å²) in [6, 6.07) is 9.17. The number of benzene rings is 1. The first kappa shape index (κ1) is 17.6. The number of aromatic nitrogens is 8.